The van der Waals surface area contributed by atoms with E-state index in [9.17, 15) is 13.6 Å². The van der Waals surface area contributed by atoms with Crippen LogP contribution in [0.5, 0.6) is 0 Å². The summed E-state index contributed by atoms with van der Waals surface area (Å²) in [5.41, 5.74) is 3.78. The summed E-state index contributed by atoms with van der Waals surface area (Å²) in [4.78, 5) is 11.3. The number of hydrogen-bond donors (Lipinski definition) is 1. The number of rotatable bonds is 3. The Kier molecular flexibility index (Phi) is 4.97. The molecule has 2 N–H and O–H groups in total. The standard InChI is InChI=1S/C14H13F2NO.ClH/c15-12-8-14(16,13(18)9-17)7-6-11(12)10-4-2-1-3-5-10;/h1-7H,8-9,17H2;1H. The third-order valence-corrected chi connectivity index (χ3v) is 2.95. The Morgan fingerprint density at radius 3 is 2.47 bits per heavy atom. The molecule has 0 radical (unpaired) electrons. The maximum Gasteiger partial charge on any atom is 0.194 e. The lowest BCUT2D eigenvalue weighted by atomic mass is 9.87. The molecule has 0 amide bonds. The summed E-state index contributed by atoms with van der Waals surface area (Å²) in [6, 6.07) is 8.81. The predicted octanol–water partition coefficient (Wildman–Crippen LogP) is 2.99. The SMILES string of the molecule is Cl.NCC(=O)C1(F)C=CC(c2ccccc2)=C(F)C1. The second-order valence-corrected chi connectivity index (χ2v) is 4.18. The van der Waals surface area contributed by atoms with Crippen LogP contribution in [0.2, 0.25) is 0 Å². The van der Waals surface area contributed by atoms with Crippen LogP contribution in [-0.2, 0) is 4.79 Å². The van der Waals surface area contributed by atoms with Crippen molar-refractivity contribution in [2.45, 2.75) is 12.1 Å². The van der Waals surface area contributed by atoms with E-state index >= 15 is 0 Å². The maximum absolute atomic E-state index is 14.1. The highest BCUT2D eigenvalue weighted by molar-refractivity contribution is 5.93. The number of nitrogens with two attached hydrogens (primary N) is 1. The fourth-order valence-electron chi connectivity index (χ4n) is 1.92. The molecule has 1 atom stereocenters. The van der Waals surface area contributed by atoms with Crippen LogP contribution in [0.25, 0.3) is 5.57 Å². The fourth-order valence-corrected chi connectivity index (χ4v) is 1.92. The van der Waals surface area contributed by atoms with E-state index in [1.54, 1.807) is 24.3 Å². The van der Waals surface area contributed by atoms with Gasteiger partial charge in [0.2, 0.25) is 0 Å². The summed E-state index contributed by atoms with van der Waals surface area (Å²) in [7, 11) is 0. The molecule has 1 unspecified atom stereocenters. The molecule has 1 aliphatic rings. The average Bonchev–Trinajstić information content (AvgIpc) is 2.39. The third kappa shape index (κ3) is 3.08. The highest BCUT2D eigenvalue weighted by Gasteiger charge is 2.38. The van der Waals surface area contributed by atoms with E-state index in [0.717, 1.165) is 6.08 Å². The summed E-state index contributed by atoms with van der Waals surface area (Å²) in [5, 5.41) is 0. The quantitative estimate of drug-likeness (QED) is 0.928. The Morgan fingerprint density at radius 1 is 1.32 bits per heavy atom. The summed E-state index contributed by atoms with van der Waals surface area (Å²) in [5.74, 6) is -1.44. The van der Waals surface area contributed by atoms with Gasteiger partial charge in [-0.2, -0.15) is 0 Å². The zero-order chi connectivity index (χ0) is 13.2. The molecule has 0 bridgehead atoms. The minimum Gasteiger partial charge on any atom is -0.324 e. The van der Waals surface area contributed by atoms with Crippen molar-refractivity contribution in [2.24, 2.45) is 5.73 Å². The number of benzene rings is 1. The summed E-state index contributed by atoms with van der Waals surface area (Å²) in [6.07, 6.45) is 1.82. The monoisotopic (exact) mass is 285 g/mol. The van der Waals surface area contributed by atoms with Crippen molar-refractivity contribution in [2.75, 3.05) is 6.54 Å². The van der Waals surface area contributed by atoms with Crippen LogP contribution in [0.4, 0.5) is 8.78 Å². The number of hydrogen-bond acceptors (Lipinski definition) is 2. The van der Waals surface area contributed by atoms with Crippen LogP contribution in [0.1, 0.15) is 12.0 Å². The average molecular weight is 286 g/mol. The van der Waals surface area contributed by atoms with Gasteiger partial charge in [-0.05, 0) is 11.6 Å². The van der Waals surface area contributed by atoms with Crippen molar-refractivity contribution in [1.82, 2.24) is 0 Å². The van der Waals surface area contributed by atoms with E-state index in [1.165, 1.54) is 6.08 Å². The lowest BCUT2D eigenvalue weighted by molar-refractivity contribution is -0.126. The van der Waals surface area contributed by atoms with Crippen LogP contribution in [0, 0.1) is 0 Å². The van der Waals surface area contributed by atoms with E-state index in [1.807, 2.05) is 6.07 Å². The molecule has 0 saturated carbocycles. The summed E-state index contributed by atoms with van der Waals surface area (Å²) in [6.45, 7) is -0.436. The molecule has 0 spiro atoms. The molecular formula is C14H14ClF2NO. The van der Waals surface area contributed by atoms with Gasteiger partial charge < -0.3 is 5.73 Å². The zero-order valence-corrected chi connectivity index (χ0v) is 10.9. The summed E-state index contributed by atoms with van der Waals surface area (Å²) < 4.78 is 28.0. The van der Waals surface area contributed by atoms with Crippen LogP contribution in [0.3, 0.4) is 0 Å². The smallest absolute Gasteiger partial charge is 0.194 e. The van der Waals surface area contributed by atoms with E-state index in [0.29, 0.717) is 11.1 Å². The molecule has 0 aliphatic heterocycles. The first kappa shape index (κ1) is 15.5. The van der Waals surface area contributed by atoms with Gasteiger partial charge >= 0.3 is 0 Å². The molecule has 0 aromatic heterocycles. The predicted molar refractivity (Wildman–Crippen MR) is 73.4 cm³/mol. The Balaban J connectivity index is 0.00000180. The molecule has 1 aliphatic carbocycles. The van der Waals surface area contributed by atoms with Gasteiger partial charge in [-0.3, -0.25) is 4.79 Å². The van der Waals surface area contributed by atoms with E-state index in [-0.39, 0.29) is 12.4 Å². The van der Waals surface area contributed by atoms with Gasteiger partial charge in [-0.15, -0.1) is 12.4 Å². The lowest BCUT2D eigenvalue weighted by Gasteiger charge is -2.23. The van der Waals surface area contributed by atoms with Gasteiger partial charge in [0.05, 0.1) is 6.54 Å². The Bertz CT molecular complexity index is 528. The minimum absolute atomic E-state index is 0. The second kappa shape index (κ2) is 6.08. The van der Waals surface area contributed by atoms with Crippen molar-refractivity contribution in [3.63, 3.8) is 0 Å². The molecule has 1 aromatic rings. The van der Waals surface area contributed by atoms with Gasteiger partial charge in [0.25, 0.3) is 0 Å². The fraction of sp³-hybridized carbons (Fsp3) is 0.214. The van der Waals surface area contributed by atoms with Gasteiger partial charge in [0, 0.05) is 12.0 Å². The van der Waals surface area contributed by atoms with Crippen LogP contribution >= 0.6 is 12.4 Å². The number of carbonyl (C=O) groups is 1. The number of alkyl halides is 1. The highest BCUT2D eigenvalue weighted by Crippen LogP contribution is 2.35. The molecule has 102 valence electrons. The normalized spacial score (nSPS) is 22.1. The molecule has 1 aromatic carbocycles. The number of halogens is 3. The van der Waals surface area contributed by atoms with E-state index < -0.39 is 30.2 Å². The number of allylic oxidation sites excluding steroid dienone is 4. The Labute approximate surface area is 116 Å². The van der Waals surface area contributed by atoms with E-state index in [4.69, 9.17) is 5.73 Å². The number of ketones is 1. The van der Waals surface area contributed by atoms with Crippen LogP contribution in [-0.4, -0.2) is 18.0 Å². The van der Waals surface area contributed by atoms with Crippen molar-refractivity contribution in [3.8, 4) is 0 Å². The molecule has 2 nitrogen and oxygen atoms in total. The Morgan fingerprint density at radius 2 is 1.95 bits per heavy atom. The van der Waals surface area contributed by atoms with E-state index in [2.05, 4.69) is 0 Å². The molecule has 19 heavy (non-hydrogen) atoms. The van der Waals surface area contributed by atoms with Gasteiger partial charge in [-0.1, -0.05) is 36.4 Å². The first-order valence-corrected chi connectivity index (χ1v) is 5.62. The first-order chi connectivity index (χ1) is 8.57. The number of Topliss-reactive ketones (excluding diaryl/α,β-unsaturated/α-hetero) is 1. The van der Waals surface area contributed by atoms with Gasteiger partial charge in [0.1, 0.15) is 5.83 Å². The number of carbonyl (C=O) groups excluding carboxylic acids is 1. The molecular weight excluding hydrogens is 272 g/mol. The molecule has 2 rings (SSSR count). The van der Waals surface area contributed by atoms with Crippen LogP contribution in [0.15, 0.2) is 48.3 Å². The van der Waals surface area contributed by atoms with Crippen molar-refractivity contribution >= 4 is 23.8 Å². The Hall–Kier alpha value is -1.52. The van der Waals surface area contributed by atoms with Crippen molar-refractivity contribution in [1.29, 1.82) is 0 Å². The topological polar surface area (TPSA) is 43.1 Å². The second-order valence-electron chi connectivity index (χ2n) is 4.18. The molecule has 0 saturated heterocycles. The molecule has 0 fully saturated rings. The summed E-state index contributed by atoms with van der Waals surface area (Å²) >= 11 is 0. The lowest BCUT2D eigenvalue weighted by Crippen LogP contribution is -2.38. The van der Waals surface area contributed by atoms with Gasteiger partial charge in [0.15, 0.2) is 11.5 Å². The largest absolute Gasteiger partial charge is 0.324 e. The van der Waals surface area contributed by atoms with Gasteiger partial charge in [-0.25, -0.2) is 8.78 Å². The third-order valence-electron chi connectivity index (χ3n) is 2.95. The van der Waals surface area contributed by atoms with Crippen molar-refractivity contribution in [3.05, 3.63) is 53.9 Å². The maximum atomic E-state index is 14.1. The first-order valence-electron chi connectivity index (χ1n) is 5.62. The minimum atomic E-state index is -2.31. The zero-order valence-electron chi connectivity index (χ0n) is 10.1. The molecule has 0 heterocycles. The van der Waals surface area contributed by atoms with Crippen LogP contribution < -0.4 is 5.73 Å². The van der Waals surface area contributed by atoms with Crippen molar-refractivity contribution < 1.29 is 13.6 Å². The molecule has 5 heteroatoms. The highest BCUT2D eigenvalue weighted by atomic mass is 35.5.